The lowest BCUT2D eigenvalue weighted by Gasteiger charge is -2.20. The van der Waals surface area contributed by atoms with Gasteiger partial charge >= 0.3 is 0 Å². The number of aliphatic hydroxyl groups excluding tert-OH is 1. The van der Waals surface area contributed by atoms with Crippen molar-refractivity contribution in [2.45, 2.75) is 39.3 Å². The van der Waals surface area contributed by atoms with Gasteiger partial charge in [-0.3, -0.25) is 4.99 Å². The second-order valence-electron chi connectivity index (χ2n) is 5.37. The standard InChI is InChI=1S/C14H29N3O3.HI/c1-4-15-14(16-7-11(2)8-18)17-12(3)9-20-13-5-6-19-10-13;/h11-13,18H,4-10H2,1-3H3,(H2,15,16,17);1H. The number of guanidine groups is 1. The Labute approximate surface area is 145 Å². The molecule has 1 rings (SSSR count). The summed E-state index contributed by atoms with van der Waals surface area (Å²) in [5.74, 6) is 0.944. The van der Waals surface area contributed by atoms with Crippen molar-refractivity contribution < 1.29 is 14.6 Å². The van der Waals surface area contributed by atoms with Gasteiger partial charge in [-0.1, -0.05) is 6.92 Å². The molecule has 0 aromatic rings. The second-order valence-corrected chi connectivity index (χ2v) is 5.37. The monoisotopic (exact) mass is 415 g/mol. The van der Waals surface area contributed by atoms with Crippen LogP contribution in [-0.2, 0) is 9.47 Å². The van der Waals surface area contributed by atoms with Gasteiger partial charge in [0.05, 0.1) is 19.3 Å². The molecular formula is C14H30IN3O3. The lowest BCUT2D eigenvalue weighted by Crippen LogP contribution is -2.44. The van der Waals surface area contributed by atoms with E-state index in [4.69, 9.17) is 14.6 Å². The normalized spacial score (nSPS) is 21.5. The second kappa shape index (κ2) is 12.4. The van der Waals surface area contributed by atoms with Gasteiger partial charge in [-0.2, -0.15) is 0 Å². The molecule has 0 bridgehead atoms. The molecule has 7 heteroatoms. The maximum absolute atomic E-state index is 9.02. The maximum Gasteiger partial charge on any atom is 0.191 e. The average molecular weight is 415 g/mol. The van der Waals surface area contributed by atoms with Crippen molar-refractivity contribution >= 4 is 29.9 Å². The molecular weight excluding hydrogens is 385 g/mol. The van der Waals surface area contributed by atoms with E-state index >= 15 is 0 Å². The molecule has 0 aliphatic carbocycles. The minimum Gasteiger partial charge on any atom is -0.396 e. The highest BCUT2D eigenvalue weighted by Gasteiger charge is 2.17. The Kier molecular flexibility index (Phi) is 12.4. The molecule has 1 aliphatic rings. The third kappa shape index (κ3) is 9.49. The van der Waals surface area contributed by atoms with Gasteiger partial charge in [0.25, 0.3) is 0 Å². The first-order chi connectivity index (χ1) is 9.65. The highest BCUT2D eigenvalue weighted by Crippen LogP contribution is 2.08. The van der Waals surface area contributed by atoms with Crippen LogP contribution in [0.3, 0.4) is 0 Å². The average Bonchev–Trinajstić information content (AvgIpc) is 2.95. The SMILES string of the molecule is CCNC(=NCC(C)CO)NC(C)COC1CCOC1.I. The molecule has 0 aromatic heterocycles. The summed E-state index contributed by atoms with van der Waals surface area (Å²) in [7, 11) is 0. The summed E-state index contributed by atoms with van der Waals surface area (Å²) >= 11 is 0. The molecule has 1 saturated heterocycles. The highest BCUT2D eigenvalue weighted by molar-refractivity contribution is 14.0. The van der Waals surface area contributed by atoms with E-state index in [1.807, 2.05) is 13.8 Å². The number of halogens is 1. The van der Waals surface area contributed by atoms with E-state index in [-0.39, 0.29) is 48.6 Å². The first-order valence-electron chi connectivity index (χ1n) is 7.50. The van der Waals surface area contributed by atoms with Crippen LogP contribution in [0.25, 0.3) is 0 Å². The topological polar surface area (TPSA) is 75.1 Å². The molecule has 1 fully saturated rings. The lowest BCUT2D eigenvalue weighted by molar-refractivity contribution is 0.0347. The van der Waals surface area contributed by atoms with Gasteiger partial charge < -0.3 is 25.2 Å². The molecule has 0 radical (unpaired) electrons. The molecule has 0 spiro atoms. The zero-order valence-electron chi connectivity index (χ0n) is 13.3. The molecule has 3 atom stereocenters. The highest BCUT2D eigenvalue weighted by atomic mass is 127. The fourth-order valence-electron chi connectivity index (χ4n) is 1.82. The minimum absolute atomic E-state index is 0. The summed E-state index contributed by atoms with van der Waals surface area (Å²) in [5, 5.41) is 15.5. The van der Waals surface area contributed by atoms with Gasteiger partial charge in [0.15, 0.2) is 5.96 Å². The number of hydrogen-bond donors (Lipinski definition) is 3. The summed E-state index contributed by atoms with van der Waals surface area (Å²) < 4.78 is 11.1. The van der Waals surface area contributed by atoms with Crippen LogP contribution < -0.4 is 10.6 Å². The van der Waals surface area contributed by atoms with Crippen LogP contribution in [0.15, 0.2) is 4.99 Å². The molecule has 3 unspecified atom stereocenters. The van der Waals surface area contributed by atoms with E-state index in [2.05, 4.69) is 22.5 Å². The van der Waals surface area contributed by atoms with Crippen LogP contribution in [-0.4, -0.2) is 62.7 Å². The van der Waals surface area contributed by atoms with Crippen molar-refractivity contribution in [2.75, 3.05) is 39.5 Å². The van der Waals surface area contributed by atoms with Crippen molar-refractivity contribution in [3.8, 4) is 0 Å². The largest absolute Gasteiger partial charge is 0.396 e. The summed E-state index contributed by atoms with van der Waals surface area (Å²) in [4.78, 5) is 4.46. The third-order valence-corrected chi connectivity index (χ3v) is 3.07. The fourth-order valence-corrected chi connectivity index (χ4v) is 1.82. The van der Waals surface area contributed by atoms with Gasteiger partial charge in [-0.05, 0) is 26.2 Å². The number of nitrogens with one attached hydrogen (secondary N) is 2. The van der Waals surface area contributed by atoms with Crippen molar-refractivity contribution in [3.63, 3.8) is 0 Å². The Morgan fingerprint density at radius 3 is 2.81 bits per heavy atom. The summed E-state index contributed by atoms with van der Waals surface area (Å²) in [6.45, 7) is 9.78. The predicted molar refractivity (Wildman–Crippen MR) is 95.4 cm³/mol. The van der Waals surface area contributed by atoms with E-state index < -0.39 is 0 Å². The molecule has 0 saturated carbocycles. The fraction of sp³-hybridized carbons (Fsp3) is 0.929. The van der Waals surface area contributed by atoms with Crippen molar-refractivity contribution in [2.24, 2.45) is 10.9 Å². The Morgan fingerprint density at radius 2 is 2.24 bits per heavy atom. The third-order valence-electron chi connectivity index (χ3n) is 3.07. The van der Waals surface area contributed by atoms with E-state index in [9.17, 15) is 0 Å². The Morgan fingerprint density at radius 1 is 1.48 bits per heavy atom. The van der Waals surface area contributed by atoms with Crippen LogP contribution in [0.1, 0.15) is 27.2 Å². The van der Waals surface area contributed by atoms with E-state index in [1.165, 1.54) is 0 Å². The van der Waals surface area contributed by atoms with E-state index in [1.54, 1.807) is 0 Å². The Balaban J connectivity index is 0.00000400. The zero-order chi connectivity index (χ0) is 14.8. The van der Waals surface area contributed by atoms with Gasteiger partial charge in [0.2, 0.25) is 0 Å². The first-order valence-corrected chi connectivity index (χ1v) is 7.50. The van der Waals surface area contributed by atoms with Crippen LogP contribution >= 0.6 is 24.0 Å². The molecule has 1 heterocycles. The molecule has 1 aliphatic heterocycles. The smallest absolute Gasteiger partial charge is 0.191 e. The van der Waals surface area contributed by atoms with E-state index in [0.29, 0.717) is 19.8 Å². The Hall–Kier alpha value is -0.120. The van der Waals surface area contributed by atoms with Gasteiger partial charge in [-0.25, -0.2) is 0 Å². The van der Waals surface area contributed by atoms with Gasteiger partial charge in [0.1, 0.15) is 0 Å². The molecule has 21 heavy (non-hydrogen) atoms. The number of hydrogen-bond acceptors (Lipinski definition) is 4. The lowest BCUT2D eigenvalue weighted by atomic mass is 10.2. The van der Waals surface area contributed by atoms with Crippen LogP contribution in [0.5, 0.6) is 0 Å². The van der Waals surface area contributed by atoms with Gasteiger partial charge in [0, 0.05) is 32.3 Å². The molecule has 6 nitrogen and oxygen atoms in total. The van der Waals surface area contributed by atoms with Crippen LogP contribution in [0, 0.1) is 5.92 Å². The summed E-state index contributed by atoms with van der Waals surface area (Å²) in [6.07, 6.45) is 1.21. The van der Waals surface area contributed by atoms with Crippen molar-refractivity contribution in [1.29, 1.82) is 0 Å². The number of rotatable bonds is 8. The van der Waals surface area contributed by atoms with Crippen molar-refractivity contribution in [1.82, 2.24) is 10.6 Å². The number of ether oxygens (including phenoxy) is 2. The van der Waals surface area contributed by atoms with Crippen LogP contribution in [0.4, 0.5) is 0 Å². The Bertz CT molecular complexity index is 287. The quantitative estimate of drug-likeness (QED) is 0.313. The zero-order valence-corrected chi connectivity index (χ0v) is 15.6. The number of aliphatic imine (C=N–C) groups is 1. The molecule has 0 amide bonds. The van der Waals surface area contributed by atoms with Gasteiger partial charge in [-0.15, -0.1) is 24.0 Å². The summed E-state index contributed by atoms with van der Waals surface area (Å²) in [6, 6.07) is 0.179. The molecule has 3 N–H and O–H groups in total. The number of nitrogens with zero attached hydrogens (tertiary/aromatic N) is 1. The van der Waals surface area contributed by atoms with Crippen LogP contribution in [0.2, 0.25) is 0 Å². The molecule has 0 aromatic carbocycles. The first kappa shape index (κ1) is 20.9. The van der Waals surface area contributed by atoms with Crippen molar-refractivity contribution in [3.05, 3.63) is 0 Å². The maximum atomic E-state index is 9.02. The van der Waals surface area contributed by atoms with E-state index in [0.717, 1.165) is 25.5 Å². The summed E-state index contributed by atoms with van der Waals surface area (Å²) in [5.41, 5.74) is 0. The predicted octanol–water partition coefficient (Wildman–Crippen LogP) is 0.982. The number of aliphatic hydroxyl groups is 1. The minimum atomic E-state index is 0. The molecule has 126 valence electrons.